The van der Waals surface area contributed by atoms with Gasteiger partial charge in [-0.05, 0) is 23.3 Å². The van der Waals surface area contributed by atoms with Gasteiger partial charge in [-0.15, -0.1) is 0 Å². The Morgan fingerprint density at radius 3 is 1.80 bits per heavy atom. The highest BCUT2D eigenvalue weighted by Gasteiger charge is 2.23. The van der Waals surface area contributed by atoms with E-state index in [4.69, 9.17) is 0 Å². The molecule has 100 valence electrons. The molecule has 1 amide bonds. The minimum Gasteiger partial charge on any atom is -0.272 e. The van der Waals surface area contributed by atoms with Crippen LogP contribution in [0.1, 0.15) is 18.1 Å². The maximum Gasteiger partial charge on any atom is 0.251 e. The van der Waals surface area contributed by atoms with Crippen LogP contribution in [0.25, 0.3) is 12.2 Å². The van der Waals surface area contributed by atoms with Gasteiger partial charge >= 0.3 is 0 Å². The molecule has 0 radical (unpaired) electrons. The number of hydrogen-bond acceptors (Lipinski definition) is 2. The van der Waals surface area contributed by atoms with E-state index in [0.29, 0.717) is 9.79 Å². The van der Waals surface area contributed by atoms with Gasteiger partial charge in [-0.25, -0.2) is 4.21 Å². The largest absolute Gasteiger partial charge is 0.272 e. The number of fused-ring (bicyclic) bond motifs is 2. The van der Waals surface area contributed by atoms with Crippen LogP contribution in [0.5, 0.6) is 0 Å². The topological polar surface area (TPSA) is 46.5 Å². The highest BCUT2D eigenvalue weighted by atomic mass is 32.2. The number of hydrogen-bond donors (Lipinski definition) is 0. The van der Waals surface area contributed by atoms with Crippen LogP contribution >= 0.6 is 0 Å². The fourth-order valence-corrected chi connectivity index (χ4v) is 4.55. The molecule has 0 saturated heterocycles. The van der Waals surface area contributed by atoms with Crippen molar-refractivity contribution in [3.8, 4) is 0 Å². The Labute approximate surface area is 118 Å². The van der Waals surface area contributed by atoms with Gasteiger partial charge in [0.1, 0.15) is 9.73 Å². The quantitative estimate of drug-likeness (QED) is 0.633. The number of carbonyl (C=O) groups is 1. The van der Waals surface area contributed by atoms with Crippen LogP contribution < -0.4 is 0 Å². The first kappa shape index (κ1) is 12.8. The summed E-state index contributed by atoms with van der Waals surface area (Å²) in [5, 5.41) is 0. The molecule has 0 aromatic heterocycles. The minimum atomic E-state index is -2.93. The van der Waals surface area contributed by atoms with Crippen molar-refractivity contribution in [1.29, 1.82) is 0 Å². The normalized spacial score (nSPS) is 14.8. The second-order valence-corrected chi connectivity index (χ2v) is 6.66. The summed E-state index contributed by atoms with van der Waals surface area (Å²) in [5.41, 5.74) is 1.66. The van der Waals surface area contributed by atoms with Gasteiger partial charge in [0, 0.05) is 6.92 Å². The molecule has 0 N–H and O–H groups in total. The van der Waals surface area contributed by atoms with Crippen LogP contribution in [0.3, 0.4) is 0 Å². The zero-order valence-corrected chi connectivity index (χ0v) is 11.8. The van der Waals surface area contributed by atoms with E-state index in [2.05, 4.69) is 4.36 Å². The number of carbonyl (C=O) groups excluding carboxylic acids is 1. The fourth-order valence-electron chi connectivity index (χ4n) is 2.32. The first-order chi connectivity index (χ1) is 9.61. The van der Waals surface area contributed by atoms with E-state index >= 15 is 0 Å². The standard InChI is InChI=1S/C16H13NO2S/c1-12(18)17-20(19)15-8-4-2-6-13(15)10-11-14-7-3-5-9-16(14)20/h2-11H,1H3. The van der Waals surface area contributed by atoms with Gasteiger partial charge in [-0.1, -0.05) is 48.6 Å². The molecule has 1 aliphatic rings. The van der Waals surface area contributed by atoms with Crippen molar-refractivity contribution in [3.05, 3.63) is 59.7 Å². The van der Waals surface area contributed by atoms with E-state index in [-0.39, 0.29) is 0 Å². The molecule has 3 rings (SSSR count). The Balaban J connectivity index is 2.48. The molecule has 0 saturated carbocycles. The third kappa shape index (κ3) is 1.98. The van der Waals surface area contributed by atoms with E-state index in [9.17, 15) is 9.00 Å². The Morgan fingerprint density at radius 2 is 1.35 bits per heavy atom. The summed E-state index contributed by atoms with van der Waals surface area (Å²) in [5.74, 6) is -0.429. The summed E-state index contributed by atoms with van der Waals surface area (Å²) in [7, 11) is -2.93. The molecular formula is C16H13NO2S. The van der Waals surface area contributed by atoms with Crippen molar-refractivity contribution in [1.82, 2.24) is 0 Å². The third-order valence-corrected chi connectivity index (χ3v) is 5.58. The van der Waals surface area contributed by atoms with Crippen LogP contribution in [0, 0.1) is 0 Å². The molecule has 1 heterocycles. The predicted octanol–water partition coefficient (Wildman–Crippen LogP) is 3.60. The molecule has 20 heavy (non-hydrogen) atoms. The smallest absolute Gasteiger partial charge is 0.251 e. The zero-order valence-electron chi connectivity index (χ0n) is 10.9. The van der Waals surface area contributed by atoms with Crippen molar-refractivity contribution < 1.29 is 9.00 Å². The second-order valence-electron chi connectivity index (χ2n) is 4.55. The molecule has 1 aliphatic heterocycles. The number of rotatable bonds is 0. The average molecular weight is 283 g/mol. The van der Waals surface area contributed by atoms with Gasteiger partial charge < -0.3 is 0 Å². The Kier molecular flexibility index (Phi) is 3.03. The van der Waals surface area contributed by atoms with Crippen molar-refractivity contribution in [2.45, 2.75) is 16.7 Å². The maximum atomic E-state index is 13.5. The van der Waals surface area contributed by atoms with Crippen LogP contribution in [0.4, 0.5) is 0 Å². The van der Waals surface area contributed by atoms with Gasteiger partial charge in [0.15, 0.2) is 0 Å². The molecule has 0 atom stereocenters. The van der Waals surface area contributed by atoms with Gasteiger partial charge in [0.25, 0.3) is 5.91 Å². The summed E-state index contributed by atoms with van der Waals surface area (Å²) in [6, 6.07) is 14.7. The summed E-state index contributed by atoms with van der Waals surface area (Å²) < 4.78 is 17.4. The second kappa shape index (κ2) is 4.72. The van der Waals surface area contributed by atoms with Gasteiger partial charge in [-0.2, -0.15) is 4.36 Å². The number of benzene rings is 2. The predicted molar refractivity (Wildman–Crippen MR) is 79.6 cm³/mol. The molecule has 2 aromatic carbocycles. The van der Waals surface area contributed by atoms with Crippen molar-refractivity contribution in [2.75, 3.05) is 0 Å². The summed E-state index contributed by atoms with van der Waals surface area (Å²) >= 11 is 0. The summed E-state index contributed by atoms with van der Waals surface area (Å²) in [6.07, 6.45) is 3.83. The Bertz CT molecular complexity index is 788. The lowest BCUT2D eigenvalue weighted by Crippen LogP contribution is -2.06. The molecule has 0 unspecified atom stereocenters. The SMILES string of the molecule is CC(=O)N=S1(=O)c2ccccc2C=Cc2ccccc21. The highest BCUT2D eigenvalue weighted by molar-refractivity contribution is 7.94. The molecule has 0 aliphatic carbocycles. The van der Waals surface area contributed by atoms with Crippen LogP contribution in [0.2, 0.25) is 0 Å². The monoisotopic (exact) mass is 283 g/mol. The molecule has 0 fully saturated rings. The fraction of sp³-hybridized carbons (Fsp3) is 0.0625. The summed E-state index contributed by atoms with van der Waals surface area (Å²) in [6.45, 7) is 1.33. The lowest BCUT2D eigenvalue weighted by molar-refractivity contribution is -0.115. The maximum absolute atomic E-state index is 13.5. The number of amides is 1. The molecule has 0 bridgehead atoms. The van der Waals surface area contributed by atoms with E-state index in [1.165, 1.54) is 6.92 Å². The first-order valence-electron chi connectivity index (χ1n) is 6.25. The van der Waals surface area contributed by atoms with E-state index in [1.54, 1.807) is 12.1 Å². The average Bonchev–Trinajstić information content (AvgIpc) is 2.55. The van der Waals surface area contributed by atoms with Crippen molar-refractivity contribution in [2.24, 2.45) is 4.36 Å². The lowest BCUT2D eigenvalue weighted by atomic mass is 10.1. The van der Waals surface area contributed by atoms with Crippen LogP contribution in [-0.2, 0) is 14.5 Å². The Hall–Kier alpha value is -2.20. The first-order valence-corrected chi connectivity index (χ1v) is 7.77. The Morgan fingerprint density at radius 1 is 0.900 bits per heavy atom. The molecule has 0 spiro atoms. The van der Waals surface area contributed by atoms with E-state index in [0.717, 1.165) is 11.1 Å². The summed E-state index contributed by atoms with van der Waals surface area (Å²) in [4.78, 5) is 12.7. The molecular weight excluding hydrogens is 270 g/mol. The van der Waals surface area contributed by atoms with Crippen LogP contribution in [0.15, 0.2) is 62.7 Å². The third-order valence-electron chi connectivity index (χ3n) is 3.13. The molecule has 3 nitrogen and oxygen atoms in total. The van der Waals surface area contributed by atoms with E-state index in [1.807, 2.05) is 48.6 Å². The minimum absolute atomic E-state index is 0.429. The van der Waals surface area contributed by atoms with Crippen LogP contribution in [-0.4, -0.2) is 10.1 Å². The van der Waals surface area contributed by atoms with E-state index < -0.39 is 15.6 Å². The number of nitrogens with zero attached hydrogens (tertiary/aromatic N) is 1. The zero-order chi connectivity index (χ0) is 14.2. The van der Waals surface area contributed by atoms with Gasteiger partial charge in [0.05, 0.1) is 9.79 Å². The molecule has 2 aromatic rings. The highest BCUT2D eigenvalue weighted by Crippen LogP contribution is 2.33. The lowest BCUT2D eigenvalue weighted by Gasteiger charge is -2.12. The van der Waals surface area contributed by atoms with Gasteiger partial charge in [-0.3, -0.25) is 4.79 Å². The van der Waals surface area contributed by atoms with Crippen molar-refractivity contribution >= 4 is 27.8 Å². The van der Waals surface area contributed by atoms with Crippen molar-refractivity contribution in [3.63, 3.8) is 0 Å². The molecule has 4 heteroatoms. The van der Waals surface area contributed by atoms with Gasteiger partial charge in [0.2, 0.25) is 0 Å².